The van der Waals surface area contributed by atoms with Crippen LogP contribution in [-0.2, 0) is 0 Å². The first-order valence-corrected chi connectivity index (χ1v) is 6.32. The summed E-state index contributed by atoms with van der Waals surface area (Å²) in [6, 6.07) is 10.7. The van der Waals surface area contributed by atoms with Crippen molar-refractivity contribution in [1.82, 2.24) is 0 Å². The lowest BCUT2D eigenvalue weighted by Crippen LogP contribution is -2.09. The first kappa shape index (κ1) is 13.5. The first-order chi connectivity index (χ1) is 8.97. The standard InChI is InChI=1S/C15H15FN2S/c1-9-3-5-14(12(16)7-9)18-13-6-4-11(15(17)19)8-10(13)2/h3-8,18H,1-2H3,(H2,17,19). The van der Waals surface area contributed by atoms with E-state index in [1.807, 2.05) is 38.1 Å². The predicted octanol–water partition coefficient (Wildman–Crippen LogP) is 3.82. The molecule has 2 aromatic carbocycles. The predicted molar refractivity (Wildman–Crippen MR) is 81.5 cm³/mol. The molecule has 0 heterocycles. The summed E-state index contributed by atoms with van der Waals surface area (Å²) in [5.74, 6) is -0.266. The van der Waals surface area contributed by atoms with Crippen LogP contribution in [0.1, 0.15) is 16.7 Å². The second-order valence-electron chi connectivity index (χ2n) is 4.50. The number of nitrogens with one attached hydrogen (secondary N) is 1. The number of thiocarbonyl (C=S) groups is 1. The molecule has 0 aliphatic rings. The summed E-state index contributed by atoms with van der Waals surface area (Å²) in [4.78, 5) is 0.358. The second-order valence-corrected chi connectivity index (χ2v) is 4.94. The molecule has 2 aromatic rings. The molecular weight excluding hydrogens is 259 g/mol. The molecule has 2 nitrogen and oxygen atoms in total. The number of hydrogen-bond donors (Lipinski definition) is 2. The molecule has 0 saturated heterocycles. The molecule has 0 aliphatic heterocycles. The summed E-state index contributed by atoms with van der Waals surface area (Å²) < 4.78 is 13.8. The highest BCUT2D eigenvalue weighted by Crippen LogP contribution is 2.24. The molecule has 0 spiro atoms. The average Bonchev–Trinajstić information content (AvgIpc) is 2.34. The van der Waals surface area contributed by atoms with E-state index in [1.165, 1.54) is 6.07 Å². The van der Waals surface area contributed by atoms with Gasteiger partial charge in [0.25, 0.3) is 0 Å². The lowest BCUT2D eigenvalue weighted by atomic mass is 10.1. The molecule has 0 aliphatic carbocycles. The molecule has 19 heavy (non-hydrogen) atoms. The first-order valence-electron chi connectivity index (χ1n) is 5.91. The number of nitrogens with two attached hydrogens (primary N) is 1. The molecular formula is C15H15FN2S. The number of benzene rings is 2. The van der Waals surface area contributed by atoms with E-state index in [0.29, 0.717) is 10.7 Å². The monoisotopic (exact) mass is 274 g/mol. The Morgan fingerprint density at radius 3 is 2.37 bits per heavy atom. The Morgan fingerprint density at radius 2 is 1.79 bits per heavy atom. The van der Waals surface area contributed by atoms with Crippen molar-refractivity contribution < 1.29 is 4.39 Å². The fraction of sp³-hybridized carbons (Fsp3) is 0.133. The van der Waals surface area contributed by atoms with E-state index in [0.717, 1.165) is 22.4 Å². The van der Waals surface area contributed by atoms with E-state index < -0.39 is 0 Å². The van der Waals surface area contributed by atoms with Gasteiger partial charge in [0.2, 0.25) is 0 Å². The van der Waals surface area contributed by atoms with E-state index in [-0.39, 0.29) is 5.82 Å². The number of hydrogen-bond acceptors (Lipinski definition) is 2. The Labute approximate surface area is 117 Å². The summed E-state index contributed by atoms with van der Waals surface area (Å²) >= 11 is 4.93. The molecule has 98 valence electrons. The van der Waals surface area contributed by atoms with Gasteiger partial charge in [0.1, 0.15) is 10.8 Å². The van der Waals surface area contributed by atoms with E-state index >= 15 is 0 Å². The minimum atomic E-state index is -0.266. The molecule has 0 bridgehead atoms. The zero-order valence-corrected chi connectivity index (χ0v) is 11.6. The molecule has 0 radical (unpaired) electrons. The summed E-state index contributed by atoms with van der Waals surface area (Å²) in [5.41, 5.74) is 9.53. The van der Waals surface area contributed by atoms with Gasteiger partial charge >= 0.3 is 0 Å². The fourth-order valence-corrected chi connectivity index (χ4v) is 1.95. The van der Waals surface area contributed by atoms with Gasteiger partial charge in [0, 0.05) is 11.3 Å². The smallest absolute Gasteiger partial charge is 0.146 e. The van der Waals surface area contributed by atoms with Crippen LogP contribution in [0.15, 0.2) is 36.4 Å². The van der Waals surface area contributed by atoms with Gasteiger partial charge in [0.05, 0.1) is 5.69 Å². The van der Waals surface area contributed by atoms with Gasteiger partial charge < -0.3 is 11.1 Å². The van der Waals surface area contributed by atoms with Gasteiger partial charge in [-0.2, -0.15) is 0 Å². The van der Waals surface area contributed by atoms with Crippen LogP contribution in [0.4, 0.5) is 15.8 Å². The molecule has 0 saturated carbocycles. The van der Waals surface area contributed by atoms with Crippen LogP contribution in [0.25, 0.3) is 0 Å². The van der Waals surface area contributed by atoms with Gasteiger partial charge in [0.15, 0.2) is 0 Å². The third-order valence-electron chi connectivity index (χ3n) is 2.90. The molecule has 0 unspecified atom stereocenters. The molecule has 4 heteroatoms. The van der Waals surface area contributed by atoms with Crippen LogP contribution < -0.4 is 11.1 Å². The summed E-state index contributed by atoms with van der Waals surface area (Å²) in [5, 5.41) is 3.07. The Kier molecular flexibility index (Phi) is 3.81. The van der Waals surface area contributed by atoms with Gasteiger partial charge in [-0.25, -0.2) is 4.39 Å². The summed E-state index contributed by atoms with van der Waals surface area (Å²) in [7, 11) is 0. The second kappa shape index (κ2) is 5.36. The molecule has 0 atom stereocenters. The molecule has 0 amide bonds. The van der Waals surface area contributed by atoms with Crippen LogP contribution in [0.3, 0.4) is 0 Å². The van der Waals surface area contributed by atoms with Crippen molar-refractivity contribution in [2.75, 3.05) is 5.32 Å². The van der Waals surface area contributed by atoms with E-state index in [2.05, 4.69) is 5.32 Å². The summed E-state index contributed by atoms with van der Waals surface area (Å²) in [6.45, 7) is 3.78. The van der Waals surface area contributed by atoms with Crippen molar-refractivity contribution in [3.8, 4) is 0 Å². The van der Waals surface area contributed by atoms with Crippen LogP contribution in [0, 0.1) is 19.7 Å². The lowest BCUT2D eigenvalue weighted by molar-refractivity contribution is 0.630. The third-order valence-corrected chi connectivity index (χ3v) is 3.14. The maximum absolute atomic E-state index is 13.8. The largest absolute Gasteiger partial charge is 0.389 e. The highest BCUT2D eigenvalue weighted by atomic mass is 32.1. The SMILES string of the molecule is Cc1ccc(Nc2ccc(C(N)=S)cc2C)c(F)c1. The fourth-order valence-electron chi connectivity index (χ4n) is 1.82. The van der Waals surface area contributed by atoms with E-state index in [9.17, 15) is 4.39 Å². The normalized spacial score (nSPS) is 10.3. The third kappa shape index (κ3) is 3.09. The molecule has 2 rings (SSSR count). The van der Waals surface area contributed by atoms with Crippen molar-refractivity contribution in [3.05, 3.63) is 58.9 Å². The topological polar surface area (TPSA) is 38.0 Å². The number of rotatable bonds is 3. The van der Waals surface area contributed by atoms with Gasteiger partial charge in [-0.15, -0.1) is 0 Å². The van der Waals surface area contributed by atoms with E-state index in [1.54, 1.807) is 6.07 Å². The Bertz CT molecular complexity index is 638. The summed E-state index contributed by atoms with van der Waals surface area (Å²) in [6.07, 6.45) is 0. The van der Waals surface area contributed by atoms with Crippen LogP contribution >= 0.6 is 12.2 Å². The Morgan fingerprint density at radius 1 is 1.11 bits per heavy atom. The van der Waals surface area contributed by atoms with Crippen molar-refractivity contribution >= 4 is 28.6 Å². The van der Waals surface area contributed by atoms with E-state index in [4.69, 9.17) is 18.0 Å². The molecule has 0 fully saturated rings. The zero-order chi connectivity index (χ0) is 14.0. The Balaban J connectivity index is 2.31. The molecule has 3 N–H and O–H groups in total. The highest BCUT2D eigenvalue weighted by molar-refractivity contribution is 7.80. The average molecular weight is 274 g/mol. The van der Waals surface area contributed by atoms with Crippen molar-refractivity contribution in [2.45, 2.75) is 13.8 Å². The van der Waals surface area contributed by atoms with Gasteiger partial charge in [-0.1, -0.05) is 18.3 Å². The maximum atomic E-state index is 13.8. The zero-order valence-electron chi connectivity index (χ0n) is 10.8. The maximum Gasteiger partial charge on any atom is 0.146 e. The number of aryl methyl sites for hydroxylation is 2. The molecule has 0 aromatic heterocycles. The number of anilines is 2. The Hall–Kier alpha value is -1.94. The highest BCUT2D eigenvalue weighted by Gasteiger charge is 2.06. The number of halogens is 1. The van der Waals surface area contributed by atoms with Crippen LogP contribution in [0.2, 0.25) is 0 Å². The van der Waals surface area contributed by atoms with Crippen molar-refractivity contribution in [2.24, 2.45) is 5.73 Å². The van der Waals surface area contributed by atoms with Crippen LogP contribution in [-0.4, -0.2) is 4.99 Å². The minimum absolute atomic E-state index is 0.266. The quantitative estimate of drug-likeness (QED) is 0.836. The van der Waals surface area contributed by atoms with Crippen molar-refractivity contribution in [1.29, 1.82) is 0 Å². The lowest BCUT2D eigenvalue weighted by Gasteiger charge is -2.12. The minimum Gasteiger partial charge on any atom is -0.389 e. The van der Waals surface area contributed by atoms with Crippen LogP contribution in [0.5, 0.6) is 0 Å². The van der Waals surface area contributed by atoms with Gasteiger partial charge in [-0.05, 0) is 55.3 Å². The van der Waals surface area contributed by atoms with Gasteiger partial charge in [-0.3, -0.25) is 0 Å². The van der Waals surface area contributed by atoms with Crippen molar-refractivity contribution in [3.63, 3.8) is 0 Å².